The van der Waals surface area contributed by atoms with Crippen LogP contribution in [-0.4, -0.2) is 22.0 Å². The number of rotatable bonds is 5. The Balaban J connectivity index is 2.08. The van der Waals surface area contributed by atoms with Crippen molar-refractivity contribution in [3.8, 4) is 5.75 Å². The van der Waals surface area contributed by atoms with Crippen LogP contribution >= 0.6 is 0 Å². The van der Waals surface area contributed by atoms with Crippen molar-refractivity contribution in [2.24, 2.45) is 7.05 Å². The van der Waals surface area contributed by atoms with Crippen LogP contribution in [0.5, 0.6) is 5.75 Å². The molecule has 0 bridgehead atoms. The van der Waals surface area contributed by atoms with E-state index < -0.39 is 0 Å². The van der Waals surface area contributed by atoms with E-state index in [1.807, 2.05) is 0 Å². The third kappa shape index (κ3) is 3.04. The van der Waals surface area contributed by atoms with Gasteiger partial charge in [0, 0.05) is 19.2 Å². The van der Waals surface area contributed by atoms with Crippen molar-refractivity contribution >= 4 is 0 Å². The highest BCUT2D eigenvalue weighted by molar-refractivity contribution is 5.34. The van der Waals surface area contributed by atoms with Crippen molar-refractivity contribution in [2.45, 2.75) is 13.2 Å². The van der Waals surface area contributed by atoms with Gasteiger partial charge in [0.1, 0.15) is 23.9 Å². The Hall–Kier alpha value is -1.95. The van der Waals surface area contributed by atoms with Crippen LogP contribution in [0.15, 0.2) is 24.4 Å². The molecule has 5 nitrogen and oxygen atoms in total. The number of benzene rings is 1. The lowest BCUT2D eigenvalue weighted by Crippen LogP contribution is -2.08. The van der Waals surface area contributed by atoms with Crippen molar-refractivity contribution in [3.05, 3.63) is 41.5 Å². The number of nitrogens with zero attached hydrogens (tertiary/aromatic N) is 3. The molecule has 0 fully saturated rings. The van der Waals surface area contributed by atoms with Crippen LogP contribution in [0.4, 0.5) is 4.39 Å². The van der Waals surface area contributed by atoms with E-state index in [9.17, 15) is 4.39 Å². The van der Waals surface area contributed by atoms with Crippen molar-refractivity contribution in [1.82, 2.24) is 20.3 Å². The highest BCUT2D eigenvalue weighted by Crippen LogP contribution is 2.20. The molecule has 6 heteroatoms. The highest BCUT2D eigenvalue weighted by Gasteiger charge is 2.06. The van der Waals surface area contributed by atoms with Gasteiger partial charge in [-0.3, -0.25) is 4.68 Å². The van der Waals surface area contributed by atoms with E-state index in [-0.39, 0.29) is 5.82 Å². The van der Waals surface area contributed by atoms with Crippen LogP contribution in [0.25, 0.3) is 0 Å². The summed E-state index contributed by atoms with van der Waals surface area (Å²) >= 11 is 0. The maximum Gasteiger partial charge on any atom is 0.134 e. The molecule has 18 heavy (non-hydrogen) atoms. The van der Waals surface area contributed by atoms with Crippen LogP contribution in [-0.2, 0) is 20.2 Å². The van der Waals surface area contributed by atoms with E-state index in [4.69, 9.17) is 4.74 Å². The molecule has 0 radical (unpaired) electrons. The summed E-state index contributed by atoms with van der Waals surface area (Å²) in [5.74, 6) is 0.378. The number of aryl methyl sites for hydroxylation is 1. The predicted molar refractivity (Wildman–Crippen MR) is 64.5 cm³/mol. The molecule has 2 aromatic rings. The molecule has 1 heterocycles. The van der Waals surface area contributed by atoms with Gasteiger partial charge in [-0.2, -0.15) is 0 Å². The first-order valence-corrected chi connectivity index (χ1v) is 5.60. The zero-order valence-corrected chi connectivity index (χ0v) is 10.4. The van der Waals surface area contributed by atoms with Crippen LogP contribution in [0.2, 0.25) is 0 Å². The second kappa shape index (κ2) is 5.59. The molecule has 0 aliphatic carbocycles. The molecule has 2 rings (SSSR count). The Morgan fingerprint density at radius 2 is 2.28 bits per heavy atom. The lowest BCUT2D eigenvalue weighted by molar-refractivity contribution is 0.297. The topological polar surface area (TPSA) is 52.0 Å². The number of ether oxygens (including phenoxy) is 1. The van der Waals surface area contributed by atoms with Crippen molar-refractivity contribution < 1.29 is 9.13 Å². The molecule has 0 saturated carbocycles. The Morgan fingerprint density at radius 3 is 2.94 bits per heavy atom. The van der Waals surface area contributed by atoms with Gasteiger partial charge in [-0.15, -0.1) is 5.10 Å². The summed E-state index contributed by atoms with van der Waals surface area (Å²) in [6.45, 7) is 0.865. The number of aromatic nitrogens is 3. The highest BCUT2D eigenvalue weighted by atomic mass is 19.1. The second-order valence-corrected chi connectivity index (χ2v) is 3.95. The smallest absolute Gasteiger partial charge is 0.134 e. The fourth-order valence-corrected chi connectivity index (χ4v) is 1.63. The van der Waals surface area contributed by atoms with Crippen LogP contribution in [0.3, 0.4) is 0 Å². The maximum absolute atomic E-state index is 13.1. The monoisotopic (exact) mass is 250 g/mol. The van der Waals surface area contributed by atoms with Gasteiger partial charge in [0.25, 0.3) is 0 Å². The molecule has 0 aliphatic heterocycles. The van der Waals surface area contributed by atoms with E-state index in [1.54, 1.807) is 31.0 Å². The standard InChI is InChI=1S/C12H15FN4O/c1-14-6-9-5-10(13)3-4-12(9)18-8-11-7-17(2)16-15-11/h3-5,7,14H,6,8H2,1-2H3. The summed E-state index contributed by atoms with van der Waals surface area (Å²) in [4.78, 5) is 0. The number of hydrogen-bond donors (Lipinski definition) is 1. The van der Waals surface area contributed by atoms with Crippen LogP contribution in [0, 0.1) is 5.82 Å². The largest absolute Gasteiger partial charge is 0.487 e. The number of halogens is 1. The molecule has 96 valence electrons. The van der Waals surface area contributed by atoms with Gasteiger partial charge in [0.05, 0.1) is 6.20 Å². The van der Waals surface area contributed by atoms with Gasteiger partial charge in [-0.05, 0) is 25.2 Å². The van der Waals surface area contributed by atoms with E-state index in [1.165, 1.54) is 12.1 Å². The zero-order valence-electron chi connectivity index (χ0n) is 10.4. The van der Waals surface area contributed by atoms with Crippen LogP contribution in [0.1, 0.15) is 11.3 Å². The SMILES string of the molecule is CNCc1cc(F)ccc1OCc1cn(C)nn1. The first-order valence-electron chi connectivity index (χ1n) is 5.60. The Kier molecular flexibility index (Phi) is 3.88. The average Bonchev–Trinajstić information content (AvgIpc) is 2.75. The fourth-order valence-electron chi connectivity index (χ4n) is 1.63. The molecule has 1 N–H and O–H groups in total. The maximum atomic E-state index is 13.1. The molecular weight excluding hydrogens is 235 g/mol. The summed E-state index contributed by atoms with van der Waals surface area (Å²) in [5.41, 5.74) is 1.51. The third-order valence-electron chi connectivity index (χ3n) is 2.42. The number of nitrogens with one attached hydrogen (secondary N) is 1. The number of hydrogen-bond acceptors (Lipinski definition) is 4. The van der Waals surface area contributed by atoms with Crippen molar-refractivity contribution in [2.75, 3.05) is 7.05 Å². The van der Waals surface area contributed by atoms with Gasteiger partial charge in [0.15, 0.2) is 0 Å². The quantitative estimate of drug-likeness (QED) is 0.867. The normalized spacial score (nSPS) is 10.6. The lowest BCUT2D eigenvalue weighted by atomic mass is 10.2. The summed E-state index contributed by atoms with van der Waals surface area (Å²) in [5, 5.41) is 10.7. The molecule has 1 aromatic heterocycles. The summed E-state index contributed by atoms with van der Waals surface area (Å²) in [6.07, 6.45) is 1.78. The average molecular weight is 250 g/mol. The molecule has 0 atom stereocenters. The minimum absolute atomic E-state index is 0.271. The molecule has 0 spiro atoms. The Labute approximate surface area is 105 Å². The molecule has 0 unspecified atom stereocenters. The van der Waals surface area contributed by atoms with Crippen molar-refractivity contribution in [3.63, 3.8) is 0 Å². The van der Waals surface area contributed by atoms with Gasteiger partial charge in [0.2, 0.25) is 0 Å². The molecule has 0 aliphatic rings. The van der Waals surface area contributed by atoms with Crippen molar-refractivity contribution in [1.29, 1.82) is 0 Å². The van der Waals surface area contributed by atoms with Gasteiger partial charge < -0.3 is 10.1 Å². The first-order chi connectivity index (χ1) is 8.69. The van der Waals surface area contributed by atoms with Gasteiger partial charge in [-0.25, -0.2) is 4.39 Å². The van der Waals surface area contributed by atoms with Crippen LogP contribution < -0.4 is 10.1 Å². The van der Waals surface area contributed by atoms with E-state index >= 15 is 0 Å². The van der Waals surface area contributed by atoms with Gasteiger partial charge in [-0.1, -0.05) is 5.21 Å². The minimum atomic E-state index is -0.271. The Morgan fingerprint density at radius 1 is 1.44 bits per heavy atom. The van der Waals surface area contributed by atoms with E-state index in [0.717, 1.165) is 11.3 Å². The molecular formula is C12H15FN4O. The lowest BCUT2D eigenvalue weighted by Gasteiger charge is -2.10. The summed E-state index contributed by atoms with van der Waals surface area (Å²) < 4.78 is 20.4. The Bertz CT molecular complexity index is 527. The molecule has 0 saturated heterocycles. The fraction of sp³-hybridized carbons (Fsp3) is 0.333. The van der Waals surface area contributed by atoms with E-state index in [0.29, 0.717) is 18.9 Å². The third-order valence-corrected chi connectivity index (χ3v) is 2.42. The first kappa shape index (κ1) is 12.5. The van der Waals surface area contributed by atoms with E-state index in [2.05, 4.69) is 15.6 Å². The minimum Gasteiger partial charge on any atom is -0.487 e. The molecule has 0 amide bonds. The molecule has 1 aromatic carbocycles. The summed E-state index contributed by atoms with van der Waals surface area (Å²) in [7, 11) is 3.60. The predicted octanol–water partition coefficient (Wildman–Crippen LogP) is 1.25. The second-order valence-electron chi connectivity index (χ2n) is 3.95. The summed E-state index contributed by atoms with van der Waals surface area (Å²) in [6, 6.07) is 4.46. The zero-order chi connectivity index (χ0) is 13.0. The van der Waals surface area contributed by atoms with Gasteiger partial charge >= 0.3 is 0 Å².